The number of carbonyl (C=O) groups excluding carboxylic acids is 2. The Kier molecular flexibility index (Phi) is 7.70. The molecule has 0 saturated heterocycles. The maximum absolute atomic E-state index is 12.3. The zero-order chi connectivity index (χ0) is 24.9. The second kappa shape index (κ2) is 10.9. The first-order chi connectivity index (χ1) is 16.9. The number of fused-ring (bicyclic) bond motifs is 3. The molecule has 0 spiro atoms. The average Bonchev–Trinajstić information content (AvgIpc) is 3.20. The molecule has 0 aromatic heterocycles. The second-order valence-electron chi connectivity index (χ2n) is 8.28. The highest BCUT2D eigenvalue weighted by molar-refractivity contribution is 6.33. The number of amides is 1. The molecule has 4 rings (SSSR count). The van der Waals surface area contributed by atoms with Gasteiger partial charge in [0.25, 0.3) is 0 Å². The first-order valence-corrected chi connectivity index (χ1v) is 11.6. The molecule has 35 heavy (non-hydrogen) atoms. The van der Waals surface area contributed by atoms with E-state index in [4.69, 9.17) is 16.3 Å². The average molecular weight is 496 g/mol. The van der Waals surface area contributed by atoms with E-state index in [2.05, 4.69) is 22.2 Å². The van der Waals surface area contributed by atoms with Crippen molar-refractivity contribution in [2.24, 2.45) is 0 Å². The van der Waals surface area contributed by atoms with Crippen molar-refractivity contribution in [1.82, 2.24) is 5.32 Å². The first-order valence-electron chi connectivity index (χ1n) is 11.2. The van der Waals surface area contributed by atoms with Gasteiger partial charge in [-0.2, -0.15) is 0 Å². The van der Waals surface area contributed by atoms with Gasteiger partial charge in [0.2, 0.25) is 0 Å². The molecule has 1 aliphatic rings. The lowest BCUT2D eigenvalue weighted by Crippen LogP contribution is -2.30. The smallest absolute Gasteiger partial charge is 0.407 e. The zero-order valence-corrected chi connectivity index (χ0v) is 19.9. The molecule has 0 radical (unpaired) electrons. The van der Waals surface area contributed by atoms with Crippen LogP contribution < -0.4 is 5.32 Å². The quantitative estimate of drug-likeness (QED) is 0.399. The SMILES string of the molecule is COC(=O)c1ccc(C(O)C(O)CCNC(=O)OCC2c3ccccc3-c3ccccc32)cc1Cl. The Morgan fingerprint density at radius 2 is 1.63 bits per heavy atom. The highest BCUT2D eigenvalue weighted by Gasteiger charge is 2.29. The number of esters is 1. The van der Waals surface area contributed by atoms with Crippen molar-refractivity contribution in [3.05, 3.63) is 94.0 Å². The largest absolute Gasteiger partial charge is 0.465 e. The number of carbonyl (C=O) groups is 2. The van der Waals surface area contributed by atoms with Gasteiger partial charge in [-0.3, -0.25) is 0 Å². The van der Waals surface area contributed by atoms with E-state index in [0.717, 1.165) is 22.3 Å². The summed E-state index contributed by atoms with van der Waals surface area (Å²) < 4.78 is 10.1. The van der Waals surface area contributed by atoms with Crippen LogP contribution >= 0.6 is 11.6 Å². The number of aliphatic hydroxyl groups is 2. The van der Waals surface area contributed by atoms with E-state index in [0.29, 0.717) is 5.56 Å². The number of alkyl carbamates (subject to hydrolysis) is 1. The number of nitrogens with one attached hydrogen (secondary N) is 1. The molecule has 182 valence electrons. The summed E-state index contributed by atoms with van der Waals surface area (Å²) in [5.74, 6) is -0.637. The van der Waals surface area contributed by atoms with Crippen LogP contribution in [0, 0.1) is 0 Å². The number of rotatable bonds is 8. The van der Waals surface area contributed by atoms with E-state index < -0.39 is 24.3 Å². The van der Waals surface area contributed by atoms with Crippen LogP contribution in [-0.2, 0) is 9.47 Å². The molecule has 0 saturated carbocycles. The van der Waals surface area contributed by atoms with Gasteiger partial charge in [-0.15, -0.1) is 0 Å². The maximum Gasteiger partial charge on any atom is 0.407 e. The monoisotopic (exact) mass is 495 g/mol. The Morgan fingerprint density at radius 1 is 1.00 bits per heavy atom. The molecule has 2 unspecified atom stereocenters. The second-order valence-corrected chi connectivity index (χ2v) is 8.69. The number of benzene rings is 3. The summed E-state index contributed by atoms with van der Waals surface area (Å²) in [7, 11) is 1.24. The third-order valence-electron chi connectivity index (χ3n) is 6.16. The van der Waals surface area contributed by atoms with Gasteiger partial charge in [-0.05, 0) is 46.4 Å². The van der Waals surface area contributed by atoms with E-state index in [-0.39, 0.29) is 36.1 Å². The number of hydrogen-bond acceptors (Lipinski definition) is 6. The van der Waals surface area contributed by atoms with Crippen LogP contribution in [0.4, 0.5) is 4.79 Å². The topological polar surface area (TPSA) is 105 Å². The van der Waals surface area contributed by atoms with Crippen molar-refractivity contribution in [3.63, 3.8) is 0 Å². The fourth-order valence-corrected chi connectivity index (χ4v) is 4.61. The summed E-state index contributed by atoms with van der Waals surface area (Å²) in [4.78, 5) is 23.9. The predicted molar refractivity (Wildman–Crippen MR) is 131 cm³/mol. The van der Waals surface area contributed by atoms with Gasteiger partial charge in [0, 0.05) is 12.5 Å². The van der Waals surface area contributed by atoms with E-state index in [1.54, 1.807) is 0 Å². The third-order valence-corrected chi connectivity index (χ3v) is 6.47. The van der Waals surface area contributed by atoms with Crippen molar-refractivity contribution in [3.8, 4) is 11.1 Å². The lowest BCUT2D eigenvalue weighted by Gasteiger charge is -2.19. The predicted octanol–water partition coefficient (Wildman–Crippen LogP) is 4.45. The lowest BCUT2D eigenvalue weighted by atomic mass is 9.98. The first kappa shape index (κ1) is 24.7. The number of aliphatic hydroxyl groups excluding tert-OH is 2. The molecule has 0 aliphatic heterocycles. The van der Waals surface area contributed by atoms with Crippen LogP contribution in [-0.4, -0.2) is 48.6 Å². The Labute approximate surface area is 208 Å². The molecular formula is C27H26ClNO6. The van der Waals surface area contributed by atoms with Crippen LogP contribution in [0.15, 0.2) is 66.7 Å². The summed E-state index contributed by atoms with van der Waals surface area (Å²) in [5, 5.41) is 23.5. The van der Waals surface area contributed by atoms with Crippen molar-refractivity contribution < 1.29 is 29.3 Å². The summed E-state index contributed by atoms with van der Waals surface area (Å²) in [6.07, 6.45) is -2.92. The summed E-state index contributed by atoms with van der Waals surface area (Å²) in [6, 6.07) is 20.5. The van der Waals surface area contributed by atoms with Crippen LogP contribution in [0.3, 0.4) is 0 Å². The van der Waals surface area contributed by atoms with E-state index in [1.807, 2.05) is 36.4 Å². The molecule has 0 fully saturated rings. The molecule has 7 nitrogen and oxygen atoms in total. The van der Waals surface area contributed by atoms with E-state index in [1.165, 1.54) is 25.3 Å². The van der Waals surface area contributed by atoms with Crippen LogP contribution in [0.5, 0.6) is 0 Å². The van der Waals surface area contributed by atoms with Gasteiger partial charge in [0.05, 0.1) is 23.8 Å². The maximum atomic E-state index is 12.3. The fourth-order valence-electron chi connectivity index (χ4n) is 4.34. The minimum absolute atomic E-state index is 0.0433. The zero-order valence-electron chi connectivity index (χ0n) is 19.1. The van der Waals surface area contributed by atoms with E-state index >= 15 is 0 Å². The highest BCUT2D eigenvalue weighted by Crippen LogP contribution is 2.44. The molecule has 3 aromatic carbocycles. The summed E-state index contributed by atoms with van der Waals surface area (Å²) in [5.41, 5.74) is 5.05. The van der Waals surface area contributed by atoms with Crippen LogP contribution in [0.2, 0.25) is 5.02 Å². The van der Waals surface area contributed by atoms with Crippen molar-refractivity contribution >= 4 is 23.7 Å². The molecule has 0 heterocycles. The Balaban J connectivity index is 1.28. The standard InChI is InChI=1S/C27H26ClNO6/c1-34-26(32)21-11-10-16(14-23(21)28)25(31)24(30)12-13-29-27(33)35-15-22-19-8-4-2-6-17(19)18-7-3-5-9-20(18)22/h2-11,14,22,24-25,30-31H,12-13,15H2,1H3,(H,29,33). The summed E-state index contributed by atoms with van der Waals surface area (Å²) in [6.45, 7) is 0.291. The number of methoxy groups -OCH3 is 1. The molecule has 3 N–H and O–H groups in total. The highest BCUT2D eigenvalue weighted by atomic mass is 35.5. The Hall–Kier alpha value is -3.39. The number of hydrogen-bond donors (Lipinski definition) is 3. The van der Waals surface area contributed by atoms with Gasteiger partial charge >= 0.3 is 12.1 Å². The molecule has 3 aromatic rings. The Bertz CT molecular complexity index is 1180. The lowest BCUT2D eigenvalue weighted by molar-refractivity contribution is 0.0136. The third kappa shape index (κ3) is 5.32. The summed E-state index contributed by atoms with van der Waals surface area (Å²) >= 11 is 6.08. The number of ether oxygens (including phenoxy) is 2. The molecule has 8 heteroatoms. The molecule has 0 bridgehead atoms. The van der Waals surface area contributed by atoms with Crippen LogP contribution in [0.25, 0.3) is 11.1 Å². The Morgan fingerprint density at radius 3 is 2.23 bits per heavy atom. The van der Waals surface area contributed by atoms with Crippen molar-refractivity contribution in [1.29, 1.82) is 0 Å². The number of halogens is 1. The van der Waals surface area contributed by atoms with Gasteiger partial charge < -0.3 is 25.0 Å². The molecule has 2 atom stereocenters. The normalized spacial score (nSPS) is 13.9. The van der Waals surface area contributed by atoms with Crippen LogP contribution in [0.1, 0.15) is 45.5 Å². The van der Waals surface area contributed by atoms with Crippen molar-refractivity contribution in [2.75, 3.05) is 20.3 Å². The molecule has 1 amide bonds. The van der Waals surface area contributed by atoms with Gasteiger partial charge in [0.1, 0.15) is 12.7 Å². The minimum Gasteiger partial charge on any atom is -0.465 e. The molecular weight excluding hydrogens is 470 g/mol. The fraction of sp³-hybridized carbons (Fsp3) is 0.259. The molecule has 1 aliphatic carbocycles. The van der Waals surface area contributed by atoms with Gasteiger partial charge in [-0.1, -0.05) is 66.2 Å². The van der Waals surface area contributed by atoms with Crippen molar-refractivity contribution in [2.45, 2.75) is 24.5 Å². The van der Waals surface area contributed by atoms with Gasteiger partial charge in [-0.25, -0.2) is 9.59 Å². The minimum atomic E-state index is -1.25. The van der Waals surface area contributed by atoms with E-state index in [9.17, 15) is 19.8 Å². The van der Waals surface area contributed by atoms with Gasteiger partial charge in [0.15, 0.2) is 0 Å².